The highest BCUT2D eigenvalue weighted by atomic mass is 19.1. The van der Waals surface area contributed by atoms with Gasteiger partial charge in [-0.05, 0) is 24.3 Å². The van der Waals surface area contributed by atoms with E-state index in [2.05, 4.69) is 16.4 Å². The van der Waals surface area contributed by atoms with Gasteiger partial charge in [-0.15, -0.1) is 6.58 Å². The Morgan fingerprint density at radius 3 is 2.70 bits per heavy atom. The van der Waals surface area contributed by atoms with Crippen LogP contribution in [-0.2, 0) is 14.2 Å². The minimum atomic E-state index is -0.595. The maximum Gasteiger partial charge on any atom is 0.253 e. The summed E-state index contributed by atoms with van der Waals surface area (Å²) in [5.74, 6) is -0.504. The van der Waals surface area contributed by atoms with Crippen molar-refractivity contribution in [3.05, 3.63) is 48.3 Å². The molecule has 2 atom stereocenters. The molecular formula is C24H36FN3O5. The number of morpholine rings is 2. The van der Waals surface area contributed by atoms with Gasteiger partial charge in [-0.2, -0.15) is 0 Å². The molecule has 2 aliphatic heterocycles. The average Bonchev–Trinajstić information content (AvgIpc) is 2.83. The van der Waals surface area contributed by atoms with Crippen molar-refractivity contribution in [2.75, 3.05) is 85.4 Å². The van der Waals surface area contributed by atoms with E-state index in [0.717, 1.165) is 19.6 Å². The third-order valence-electron chi connectivity index (χ3n) is 5.83. The normalized spacial score (nSPS) is 21.0. The Morgan fingerprint density at radius 2 is 1.97 bits per heavy atom. The number of carbonyl (C=O) groups excluding carboxylic acids is 1. The number of rotatable bonds is 12. The Balaban J connectivity index is 1.58. The third-order valence-corrected chi connectivity index (χ3v) is 5.83. The number of carbonyl (C=O) groups is 1. The van der Waals surface area contributed by atoms with Gasteiger partial charge in [-0.3, -0.25) is 14.6 Å². The minimum Gasteiger partial charge on any atom is -0.389 e. The van der Waals surface area contributed by atoms with Gasteiger partial charge in [0.05, 0.1) is 45.2 Å². The molecule has 0 aliphatic carbocycles. The van der Waals surface area contributed by atoms with Gasteiger partial charge in [0, 0.05) is 57.9 Å². The molecule has 2 saturated heterocycles. The molecule has 0 bridgehead atoms. The monoisotopic (exact) mass is 465 g/mol. The molecule has 3 rings (SSSR count). The molecule has 0 aromatic heterocycles. The highest BCUT2D eigenvalue weighted by Gasteiger charge is 2.27. The molecule has 0 radical (unpaired) electrons. The minimum absolute atomic E-state index is 0.137. The number of ether oxygens (including phenoxy) is 3. The molecular weight excluding hydrogens is 429 g/mol. The Labute approximate surface area is 195 Å². The van der Waals surface area contributed by atoms with Crippen LogP contribution in [0, 0.1) is 5.82 Å². The SMILES string of the molecule is C=CCOCC(O)CN1CCOC(CN(CCN2CCOCC2)C(=O)c2ccc(F)cc2)C1. The van der Waals surface area contributed by atoms with E-state index in [0.29, 0.717) is 64.7 Å². The second-order valence-electron chi connectivity index (χ2n) is 8.44. The van der Waals surface area contributed by atoms with Crippen molar-refractivity contribution < 1.29 is 28.5 Å². The zero-order valence-electron chi connectivity index (χ0n) is 19.2. The number of aliphatic hydroxyl groups is 1. The number of halogens is 1. The van der Waals surface area contributed by atoms with Gasteiger partial charge in [0.15, 0.2) is 0 Å². The second kappa shape index (κ2) is 13.7. The summed E-state index contributed by atoms with van der Waals surface area (Å²) in [7, 11) is 0. The zero-order valence-corrected chi connectivity index (χ0v) is 19.2. The van der Waals surface area contributed by atoms with Crippen LogP contribution >= 0.6 is 0 Å². The van der Waals surface area contributed by atoms with Crippen LogP contribution in [0.3, 0.4) is 0 Å². The predicted molar refractivity (Wildman–Crippen MR) is 123 cm³/mol. The number of nitrogens with zero attached hydrogens (tertiary/aromatic N) is 3. The smallest absolute Gasteiger partial charge is 0.253 e. The first kappa shape index (κ1) is 25.7. The summed E-state index contributed by atoms with van der Waals surface area (Å²) >= 11 is 0. The van der Waals surface area contributed by atoms with Crippen LogP contribution in [0.1, 0.15) is 10.4 Å². The van der Waals surface area contributed by atoms with E-state index in [1.54, 1.807) is 11.0 Å². The van der Waals surface area contributed by atoms with Gasteiger partial charge in [0.2, 0.25) is 0 Å². The number of hydrogen-bond donors (Lipinski definition) is 1. The van der Waals surface area contributed by atoms with Crippen LogP contribution < -0.4 is 0 Å². The molecule has 2 aliphatic rings. The Bertz CT molecular complexity index is 729. The number of β-amino-alcohol motifs (C(OH)–C–C–N with tert-alkyl or cyclic N) is 1. The van der Waals surface area contributed by atoms with E-state index in [-0.39, 0.29) is 24.4 Å². The van der Waals surface area contributed by atoms with Crippen LogP contribution in [0.2, 0.25) is 0 Å². The molecule has 2 heterocycles. The summed E-state index contributed by atoms with van der Waals surface area (Å²) < 4.78 is 30.1. The highest BCUT2D eigenvalue weighted by Crippen LogP contribution is 2.13. The van der Waals surface area contributed by atoms with Crippen molar-refractivity contribution in [1.82, 2.24) is 14.7 Å². The fourth-order valence-corrected chi connectivity index (χ4v) is 4.08. The fraction of sp³-hybridized carbons (Fsp3) is 0.625. The molecule has 2 unspecified atom stereocenters. The van der Waals surface area contributed by atoms with Crippen LogP contribution in [0.15, 0.2) is 36.9 Å². The quantitative estimate of drug-likeness (QED) is 0.363. The summed E-state index contributed by atoms with van der Waals surface area (Å²) in [5.41, 5.74) is 0.459. The molecule has 8 nitrogen and oxygen atoms in total. The molecule has 33 heavy (non-hydrogen) atoms. The van der Waals surface area contributed by atoms with E-state index >= 15 is 0 Å². The number of benzene rings is 1. The predicted octanol–water partition coefficient (Wildman–Crippen LogP) is 0.864. The van der Waals surface area contributed by atoms with Gasteiger partial charge < -0.3 is 24.2 Å². The average molecular weight is 466 g/mol. The van der Waals surface area contributed by atoms with E-state index < -0.39 is 6.10 Å². The summed E-state index contributed by atoms with van der Waals surface area (Å²) in [6, 6.07) is 5.66. The summed E-state index contributed by atoms with van der Waals surface area (Å²) in [5, 5.41) is 10.2. The van der Waals surface area contributed by atoms with Crippen molar-refractivity contribution >= 4 is 5.91 Å². The van der Waals surface area contributed by atoms with Gasteiger partial charge in [-0.1, -0.05) is 6.08 Å². The molecule has 184 valence electrons. The van der Waals surface area contributed by atoms with E-state index in [1.807, 2.05) is 0 Å². The van der Waals surface area contributed by atoms with Crippen LogP contribution in [0.4, 0.5) is 4.39 Å². The summed E-state index contributed by atoms with van der Waals surface area (Å²) in [4.78, 5) is 19.4. The van der Waals surface area contributed by atoms with E-state index in [4.69, 9.17) is 14.2 Å². The summed E-state index contributed by atoms with van der Waals surface area (Å²) in [6.45, 7) is 11.4. The summed E-state index contributed by atoms with van der Waals surface area (Å²) in [6.07, 6.45) is 0.886. The first-order valence-corrected chi connectivity index (χ1v) is 11.6. The maximum absolute atomic E-state index is 13.4. The van der Waals surface area contributed by atoms with Crippen LogP contribution in [0.5, 0.6) is 0 Å². The van der Waals surface area contributed by atoms with Crippen LogP contribution in [-0.4, -0.2) is 123 Å². The molecule has 0 saturated carbocycles. The lowest BCUT2D eigenvalue weighted by atomic mass is 10.1. The molecule has 0 spiro atoms. The number of aliphatic hydroxyl groups excluding tert-OH is 1. The van der Waals surface area contributed by atoms with Crippen molar-refractivity contribution in [3.63, 3.8) is 0 Å². The second-order valence-corrected chi connectivity index (χ2v) is 8.44. The van der Waals surface area contributed by atoms with Gasteiger partial charge in [0.25, 0.3) is 5.91 Å². The molecule has 1 N–H and O–H groups in total. The molecule has 2 fully saturated rings. The van der Waals surface area contributed by atoms with Crippen LogP contribution in [0.25, 0.3) is 0 Å². The third kappa shape index (κ3) is 8.77. The standard InChI is InChI=1S/C24H36FN3O5/c1-2-12-32-19-22(29)16-27-11-15-33-23(17-27)18-28(8-7-26-9-13-31-14-10-26)24(30)20-3-5-21(25)6-4-20/h2-6,22-23,29H,1,7-19H2. The van der Waals surface area contributed by atoms with Gasteiger partial charge in [-0.25, -0.2) is 4.39 Å². The lowest BCUT2D eigenvalue weighted by Gasteiger charge is -2.37. The lowest BCUT2D eigenvalue weighted by molar-refractivity contribution is -0.0583. The molecule has 9 heteroatoms. The first-order chi connectivity index (χ1) is 16.0. The van der Waals surface area contributed by atoms with E-state index in [1.165, 1.54) is 24.3 Å². The first-order valence-electron chi connectivity index (χ1n) is 11.6. The van der Waals surface area contributed by atoms with Crippen molar-refractivity contribution in [2.45, 2.75) is 12.2 Å². The van der Waals surface area contributed by atoms with E-state index in [9.17, 15) is 14.3 Å². The zero-order chi connectivity index (χ0) is 23.5. The topological polar surface area (TPSA) is 74.7 Å². The number of hydrogen-bond acceptors (Lipinski definition) is 7. The van der Waals surface area contributed by atoms with Crippen molar-refractivity contribution in [1.29, 1.82) is 0 Å². The maximum atomic E-state index is 13.4. The van der Waals surface area contributed by atoms with Gasteiger partial charge in [0.1, 0.15) is 5.82 Å². The molecule has 1 amide bonds. The lowest BCUT2D eigenvalue weighted by Crippen LogP contribution is -2.52. The van der Waals surface area contributed by atoms with Crippen molar-refractivity contribution in [2.24, 2.45) is 0 Å². The van der Waals surface area contributed by atoms with Crippen molar-refractivity contribution in [3.8, 4) is 0 Å². The largest absolute Gasteiger partial charge is 0.389 e. The Hall–Kier alpha value is -1.88. The Morgan fingerprint density at radius 1 is 1.24 bits per heavy atom. The molecule has 1 aromatic rings. The highest BCUT2D eigenvalue weighted by molar-refractivity contribution is 5.94. The number of amides is 1. The molecule has 1 aromatic carbocycles. The Kier molecular flexibility index (Phi) is 10.7. The van der Waals surface area contributed by atoms with Gasteiger partial charge >= 0.3 is 0 Å². The fourth-order valence-electron chi connectivity index (χ4n) is 4.08.